The topological polar surface area (TPSA) is 91.8 Å². The molecule has 0 unspecified atom stereocenters. The molecule has 130 valence electrons. The van der Waals surface area contributed by atoms with Crippen LogP contribution in [0.3, 0.4) is 0 Å². The summed E-state index contributed by atoms with van der Waals surface area (Å²) in [6, 6.07) is 15.8. The molecule has 0 fully saturated rings. The summed E-state index contributed by atoms with van der Waals surface area (Å²) >= 11 is 7.02. The van der Waals surface area contributed by atoms with E-state index in [-0.39, 0.29) is 5.91 Å². The Kier molecular flexibility index (Phi) is 5.56. The summed E-state index contributed by atoms with van der Waals surface area (Å²) in [5, 5.41) is 20.1. The van der Waals surface area contributed by atoms with E-state index >= 15 is 0 Å². The molecule has 0 aliphatic carbocycles. The summed E-state index contributed by atoms with van der Waals surface area (Å²) in [5.74, 6) is 0.134. The molecular formula is C18H13ClN4O2S. The normalized spacial score (nSPS) is 11.6. The molecule has 1 amide bonds. The summed E-state index contributed by atoms with van der Waals surface area (Å²) in [4.78, 5) is 12.3. The second kappa shape index (κ2) is 8.04. The van der Waals surface area contributed by atoms with Crippen molar-refractivity contribution in [3.63, 3.8) is 0 Å². The Morgan fingerprint density at radius 2 is 2.04 bits per heavy atom. The third-order valence-corrected chi connectivity index (χ3v) is 4.59. The van der Waals surface area contributed by atoms with Crippen molar-refractivity contribution >= 4 is 35.0 Å². The number of rotatable bonds is 5. The van der Waals surface area contributed by atoms with E-state index in [4.69, 9.17) is 21.3 Å². The lowest BCUT2D eigenvalue weighted by Gasteiger charge is -2.09. The third-order valence-electron chi connectivity index (χ3n) is 3.40. The highest BCUT2D eigenvalue weighted by molar-refractivity contribution is 8.00. The van der Waals surface area contributed by atoms with Gasteiger partial charge in [-0.1, -0.05) is 29.4 Å². The lowest BCUT2D eigenvalue weighted by atomic mass is 10.2. The fourth-order valence-corrected chi connectivity index (χ4v) is 2.89. The summed E-state index contributed by atoms with van der Waals surface area (Å²) in [7, 11) is 0. The maximum atomic E-state index is 12.3. The molecule has 8 heteroatoms. The maximum absolute atomic E-state index is 12.3. The summed E-state index contributed by atoms with van der Waals surface area (Å²) in [6.45, 7) is 1.74. The van der Waals surface area contributed by atoms with Gasteiger partial charge in [0.15, 0.2) is 0 Å². The van der Waals surface area contributed by atoms with Crippen molar-refractivity contribution in [2.45, 2.75) is 17.4 Å². The lowest BCUT2D eigenvalue weighted by Crippen LogP contribution is -2.22. The third kappa shape index (κ3) is 4.42. The smallest absolute Gasteiger partial charge is 0.277 e. The number of nitrogens with zero attached hydrogens (tertiary/aromatic N) is 3. The van der Waals surface area contributed by atoms with Crippen molar-refractivity contribution in [3.8, 4) is 17.5 Å². The lowest BCUT2D eigenvalue weighted by molar-refractivity contribution is -0.115. The van der Waals surface area contributed by atoms with Crippen molar-refractivity contribution in [2.24, 2.45) is 0 Å². The van der Waals surface area contributed by atoms with Crippen molar-refractivity contribution in [3.05, 3.63) is 59.1 Å². The van der Waals surface area contributed by atoms with Gasteiger partial charge in [0, 0.05) is 16.3 Å². The molecule has 0 saturated carbocycles. The van der Waals surface area contributed by atoms with Crippen LogP contribution < -0.4 is 5.32 Å². The number of aromatic nitrogens is 2. The van der Waals surface area contributed by atoms with E-state index in [0.717, 1.165) is 17.3 Å². The average molecular weight is 385 g/mol. The van der Waals surface area contributed by atoms with Gasteiger partial charge in [-0.05, 0) is 49.4 Å². The Morgan fingerprint density at radius 1 is 1.27 bits per heavy atom. The maximum Gasteiger partial charge on any atom is 0.277 e. The Labute approximate surface area is 159 Å². The molecule has 0 aliphatic heterocycles. The van der Waals surface area contributed by atoms with Crippen LogP contribution in [-0.2, 0) is 4.79 Å². The quantitative estimate of drug-likeness (QED) is 0.656. The van der Waals surface area contributed by atoms with E-state index in [2.05, 4.69) is 15.5 Å². The second-order valence-electron chi connectivity index (χ2n) is 5.32. The minimum atomic E-state index is -0.459. The number of anilines is 1. The number of nitriles is 1. The van der Waals surface area contributed by atoms with Crippen LogP contribution in [0.1, 0.15) is 12.5 Å². The zero-order valence-electron chi connectivity index (χ0n) is 13.6. The Hall–Kier alpha value is -2.82. The predicted molar refractivity (Wildman–Crippen MR) is 99.8 cm³/mol. The number of halogens is 1. The summed E-state index contributed by atoms with van der Waals surface area (Å²) in [6.07, 6.45) is 0. The Morgan fingerprint density at radius 3 is 2.77 bits per heavy atom. The number of hydrogen-bond acceptors (Lipinski definition) is 6. The zero-order valence-corrected chi connectivity index (χ0v) is 15.2. The number of carbonyl (C=O) groups excluding carboxylic acids is 1. The van der Waals surface area contributed by atoms with Gasteiger partial charge in [-0.15, -0.1) is 10.2 Å². The van der Waals surface area contributed by atoms with Crippen LogP contribution in [0.15, 0.2) is 58.2 Å². The van der Waals surface area contributed by atoms with Gasteiger partial charge in [-0.3, -0.25) is 4.79 Å². The molecule has 0 bridgehead atoms. The van der Waals surface area contributed by atoms with E-state index in [0.29, 0.717) is 27.4 Å². The van der Waals surface area contributed by atoms with E-state index in [1.807, 2.05) is 6.07 Å². The van der Waals surface area contributed by atoms with Crippen LogP contribution in [0.2, 0.25) is 5.02 Å². The number of thioether (sulfide) groups is 1. The minimum Gasteiger partial charge on any atom is -0.411 e. The Balaban J connectivity index is 1.64. The monoisotopic (exact) mass is 384 g/mol. The van der Waals surface area contributed by atoms with Crippen LogP contribution in [0.5, 0.6) is 0 Å². The zero-order chi connectivity index (χ0) is 18.5. The molecule has 0 aliphatic rings. The van der Waals surface area contributed by atoms with Gasteiger partial charge in [0.25, 0.3) is 5.22 Å². The first kappa shape index (κ1) is 18.0. The first-order valence-electron chi connectivity index (χ1n) is 7.62. The van der Waals surface area contributed by atoms with E-state index in [1.165, 1.54) is 0 Å². The Bertz CT molecular complexity index is 966. The van der Waals surface area contributed by atoms with Crippen molar-refractivity contribution in [1.82, 2.24) is 10.2 Å². The highest BCUT2D eigenvalue weighted by Gasteiger charge is 2.19. The standard InChI is InChI=1S/C18H13ClN4O2S/c1-11(16(24)21-15-4-2-3-12(9-15)10-20)26-18-23-22-17(25-18)13-5-7-14(19)8-6-13/h2-9,11H,1H3,(H,21,24)/t11-/m0/s1. The molecule has 0 spiro atoms. The van der Waals surface area contributed by atoms with E-state index < -0.39 is 5.25 Å². The molecule has 1 heterocycles. The number of benzene rings is 2. The van der Waals surface area contributed by atoms with Crippen molar-refractivity contribution in [2.75, 3.05) is 5.32 Å². The number of amides is 1. The fourth-order valence-electron chi connectivity index (χ4n) is 2.08. The molecular weight excluding hydrogens is 372 g/mol. The highest BCUT2D eigenvalue weighted by atomic mass is 35.5. The van der Waals surface area contributed by atoms with E-state index in [1.54, 1.807) is 55.5 Å². The van der Waals surface area contributed by atoms with Gasteiger partial charge in [0.1, 0.15) is 0 Å². The van der Waals surface area contributed by atoms with Crippen LogP contribution in [0.4, 0.5) is 5.69 Å². The molecule has 3 rings (SSSR count). The fraction of sp³-hybridized carbons (Fsp3) is 0.111. The second-order valence-corrected chi connectivity index (χ2v) is 7.05. The van der Waals surface area contributed by atoms with Gasteiger partial charge in [-0.2, -0.15) is 5.26 Å². The predicted octanol–water partition coefficient (Wildman–Crippen LogP) is 4.38. The molecule has 0 saturated heterocycles. The van der Waals surface area contributed by atoms with Gasteiger partial charge in [0.05, 0.1) is 16.9 Å². The van der Waals surface area contributed by atoms with Crippen LogP contribution in [-0.4, -0.2) is 21.4 Å². The van der Waals surface area contributed by atoms with Crippen molar-refractivity contribution < 1.29 is 9.21 Å². The molecule has 26 heavy (non-hydrogen) atoms. The van der Waals surface area contributed by atoms with Crippen LogP contribution in [0.25, 0.3) is 11.5 Å². The first-order chi connectivity index (χ1) is 12.5. The SMILES string of the molecule is C[C@H](Sc1nnc(-c2ccc(Cl)cc2)o1)C(=O)Nc1cccc(C#N)c1. The van der Waals surface area contributed by atoms with Gasteiger partial charge >= 0.3 is 0 Å². The number of carbonyl (C=O) groups is 1. The summed E-state index contributed by atoms with van der Waals surface area (Å²) in [5.41, 5.74) is 1.79. The van der Waals surface area contributed by atoms with Gasteiger partial charge < -0.3 is 9.73 Å². The van der Waals surface area contributed by atoms with Crippen molar-refractivity contribution in [1.29, 1.82) is 5.26 Å². The molecule has 2 aromatic carbocycles. The molecule has 1 N–H and O–H groups in total. The molecule has 1 atom stereocenters. The first-order valence-corrected chi connectivity index (χ1v) is 8.88. The highest BCUT2D eigenvalue weighted by Crippen LogP contribution is 2.27. The minimum absolute atomic E-state index is 0.226. The van der Waals surface area contributed by atoms with E-state index in [9.17, 15) is 4.79 Å². The largest absolute Gasteiger partial charge is 0.411 e. The average Bonchev–Trinajstić information content (AvgIpc) is 3.11. The molecule has 1 aromatic heterocycles. The van der Waals surface area contributed by atoms with Gasteiger partial charge in [0.2, 0.25) is 11.8 Å². The van der Waals surface area contributed by atoms with Gasteiger partial charge in [-0.25, -0.2) is 0 Å². The molecule has 3 aromatic rings. The number of hydrogen-bond donors (Lipinski definition) is 1. The summed E-state index contributed by atoms with van der Waals surface area (Å²) < 4.78 is 5.59. The van der Waals surface area contributed by atoms with Crippen LogP contribution >= 0.6 is 23.4 Å². The number of nitrogens with one attached hydrogen (secondary N) is 1. The van der Waals surface area contributed by atoms with Crippen LogP contribution in [0, 0.1) is 11.3 Å². The molecule has 0 radical (unpaired) electrons. The molecule has 6 nitrogen and oxygen atoms in total.